The Morgan fingerprint density at radius 2 is 1.95 bits per heavy atom. The molecular formula is C14H11FN2O2. The lowest BCUT2D eigenvalue weighted by atomic mass is 10.1. The number of Topliss-reactive ketones (excluding diaryl/α,β-unsaturated/α-hetero) is 1. The predicted molar refractivity (Wildman–Crippen MR) is 68.6 cm³/mol. The van der Waals surface area contributed by atoms with E-state index >= 15 is 0 Å². The molecule has 1 aromatic heterocycles. The number of halogens is 1. The maximum Gasteiger partial charge on any atom is 0.257 e. The molecule has 0 radical (unpaired) electrons. The number of rotatable bonds is 3. The Morgan fingerprint density at radius 3 is 2.58 bits per heavy atom. The second-order valence-electron chi connectivity index (χ2n) is 3.96. The van der Waals surface area contributed by atoms with Crippen molar-refractivity contribution < 1.29 is 14.0 Å². The summed E-state index contributed by atoms with van der Waals surface area (Å²) in [5.41, 5.74) is 1.26. The lowest BCUT2D eigenvalue weighted by molar-refractivity contribution is 0.101. The van der Waals surface area contributed by atoms with Crippen LogP contribution in [0.4, 0.5) is 10.1 Å². The number of aromatic nitrogens is 1. The first-order valence-electron chi connectivity index (χ1n) is 5.60. The van der Waals surface area contributed by atoms with Crippen molar-refractivity contribution in [3.05, 3.63) is 59.7 Å². The van der Waals surface area contributed by atoms with Crippen LogP contribution >= 0.6 is 0 Å². The fourth-order valence-electron chi connectivity index (χ4n) is 1.53. The molecule has 4 nitrogen and oxygen atoms in total. The first kappa shape index (κ1) is 12.9. The SMILES string of the molecule is CC(=O)c1cccc(NC(=O)c2ccc(F)nc2)c1. The summed E-state index contributed by atoms with van der Waals surface area (Å²) in [4.78, 5) is 26.5. The monoisotopic (exact) mass is 258 g/mol. The van der Waals surface area contributed by atoms with Crippen LogP contribution in [-0.2, 0) is 0 Å². The molecule has 2 aromatic rings. The number of hydrogen-bond acceptors (Lipinski definition) is 3. The van der Waals surface area contributed by atoms with Gasteiger partial charge in [-0.15, -0.1) is 0 Å². The van der Waals surface area contributed by atoms with Crippen LogP contribution in [0.3, 0.4) is 0 Å². The minimum atomic E-state index is -0.643. The molecule has 0 atom stereocenters. The summed E-state index contributed by atoms with van der Waals surface area (Å²) >= 11 is 0. The van der Waals surface area contributed by atoms with Crippen molar-refractivity contribution in [3.63, 3.8) is 0 Å². The molecule has 0 fully saturated rings. The van der Waals surface area contributed by atoms with E-state index in [2.05, 4.69) is 10.3 Å². The zero-order chi connectivity index (χ0) is 13.8. The summed E-state index contributed by atoms with van der Waals surface area (Å²) < 4.78 is 12.6. The zero-order valence-corrected chi connectivity index (χ0v) is 10.2. The third kappa shape index (κ3) is 3.22. The molecule has 0 aliphatic heterocycles. The number of carbonyl (C=O) groups is 2. The van der Waals surface area contributed by atoms with Gasteiger partial charge >= 0.3 is 0 Å². The van der Waals surface area contributed by atoms with Gasteiger partial charge in [0.2, 0.25) is 5.95 Å². The minimum absolute atomic E-state index is 0.0838. The highest BCUT2D eigenvalue weighted by Crippen LogP contribution is 2.12. The molecule has 1 aromatic carbocycles. The van der Waals surface area contributed by atoms with Crippen LogP contribution in [0.1, 0.15) is 27.6 Å². The van der Waals surface area contributed by atoms with Crippen molar-refractivity contribution in [1.82, 2.24) is 4.98 Å². The van der Waals surface area contributed by atoms with Gasteiger partial charge in [0.25, 0.3) is 5.91 Å². The van der Waals surface area contributed by atoms with Crippen molar-refractivity contribution in [2.24, 2.45) is 0 Å². The van der Waals surface area contributed by atoms with Gasteiger partial charge in [0.15, 0.2) is 5.78 Å². The Labute approximate surface area is 109 Å². The first-order valence-corrected chi connectivity index (χ1v) is 5.60. The first-order chi connectivity index (χ1) is 9.06. The van der Waals surface area contributed by atoms with E-state index < -0.39 is 11.9 Å². The van der Waals surface area contributed by atoms with Gasteiger partial charge in [0, 0.05) is 17.4 Å². The fraction of sp³-hybridized carbons (Fsp3) is 0.0714. The van der Waals surface area contributed by atoms with E-state index in [4.69, 9.17) is 0 Å². The van der Waals surface area contributed by atoms with Crippen LogP contribution in [0.5, 0.6) is 0 Å². The molecule has 1 heterocycles. The summed E-state index contributed by atoms with van der Waals surface area (Å²) in [5, 5.41) is 2.62. The van der Waals surface area contributed by atoms with Gasteiger partial charge in [0.1, 0.15) is 0 Å². The zero-order valence-electron chi connectivity index (χ0n) is 10.2. The number of nitrogens with one attached hydrogen (secondary N) is 1. The Bertz CT molecular complexity index is 624. The Kier molecular flexibility index (Phi) is 3.66. The van der Waals surface area contributed by atoms with E-state index in [1.165, 1.54) is 13.0 Å². The molecule has 0 spiro atoms. The van der Waals surface area contributed by atoms with Crippen LogP contribution in [0, 0.1) is 5.95 Å². The highest BCUT2D eigenvalue weighted by atomic mass is 19.1. The van der Waals surface area contributed by atoms with E-state index in [-0.39, 0.29) is 11.3 Å². The van der Waals surface area contributed by atoms with Crippen LogP contribution in [0.15, 0.2) is 42.6 Å². The summed E-state index contributed by atoms with van der Waals surface area (Å²) in [6, 6.07) is 9.04. The molecule has 0 saturated heterocycles. The van der Waals surface area contributed by atoms with Crippen LogP contribution in [0.25, 0.3) is 0 Å². The number of amides is 1. The summed E-state index contributed by atoms with van der Waals surface area (Å²) in [7, 11) is 0. The van der Waals surface area contributed by atoms with Gasteiger partial charge in [-0.25, -0.2) is 4.98 Å². The normalized spacial score (nSPS) is 10.0. The lowest BCUT2D eigenvalue weighted by Crippen LogP contribution is -2.12. The van der Waals surface area contributed by atoms with Crippen molar-refractivity contribution in [2.75, 3.05) is 5.32 Å². The van der Waals surface area contributed by atoms with E-state index in [0.717, 1.165) is 12.3 Å². The summed E-state index contributed by atoms with van der Waals surface area (Å²) in [5.74, 6) is -1.14. The number of benzene rings is 1. The molecule has 0 unspecified atom stereocenters. The number of pyridine rings is 1. The van der Waals surface area contributed by atoms with Crippen molar-refractivity contribution in [1.29, 1.82) is 0 Å². The largest absolute Gasteiger partial charge is 0.322 e. The molecule has 0 aliphatic rings. The molecular weight excluding hydrogens is 247 g/mol. The average molecular weight is 258 g/mol. The molecule has 1 N–H and O–H groups in total. The standard InChI is InChI=1S/C14H11FN2O2/c1-9(18)10-3-2-4-12(7-10)17-14(19)11-5-6-13(15)16-8-11/h2-8H,1H3,(H,17,19). The molecule has 5 heteroatoms. The quantitative estimate of drug-likeness (QED) is 0.680. The van der Waals surface area contributed by atoms with Crippen LogP contribution < -0.4 is 5.32 Å². The number of nitrogens with zero attached hydrogens (tertiary/aromatic N) is 1. The van der Waals surface area contributed by atoms with Crippen LogP contribution in [-0.4, -0.2) is 16.7 Å². The molecule has 96 valence electrons. The average Bonchev–Trinajstić information content (AvgIpc) is 2.39. The number of hydrogen-bond donors (Lipinski definition) is 1. The third-order valence-corrected chi connectivity index (χ3v) is 2.52. The fourth-order valence-corrected chi connectivity index (χ4v) is 1.53. The highest BCUT2D eigenvalue weighted by molar-refractivity contribution is 6.04. The van der Waals surface area contributed by atoms with E-state index in [1.54, 1.807) is 24.3 Å². The van der Waals surface area contributed by atoms with E-state index in [0.29, 0.717) is 11.3 Å². The van der Waals surface area contributed by atoms with Gasteiger partial charge < -0.3 is 5.32 Å². The second-order valence-corrected chi connectivity index (χ2v) is 3.96. The predicted octanol–water partition coefficient (Wildman–Crippen LogP) is 2.68. The Balaban J connectivity index is 2.17. The van der Waals surface area contributed by atoms with Gasteiger partial charge in [-0.05, 0) is 31.2 Å². The van der Waals surface area contributed by atoms with Crippen molar-refractivity contribution in [3.8, 4) is 0 Å². The smallest absolute Gasteiger partial charge is 0.257 e. The van der Waals surface area contributed by atoms with Crippen molar-refractivity contribution >= 4 is 17.4 Å². The topological polar surface area (TPSA) is 59.1 Å². The van der Waals surface area contributed by atoms with Gasteiger partial charge in [0.05, 0.1) is 5.56 Å². The third-order valence-electron chi connectivity index (χ3n) is 2.52. The summed E-state index contributed by atoms with van der Waals surface area (Å²) in [6.07, 6.45) is 1.15. The van der Waals surface area contributed by atoms with Gasteiger partial charge in [-0.2, -0.15) is 4.39 Å². The minimum Gasteiger partial charge on any atom is -0.322 e. The second kappa shape index (κ2) is 5.39. The van der Waals surface area contributed by atoms with Crippen LogP contribution in [0.2, 0.25) is 0 Å². The number of anilines is 1. The maximum atomic E-state index is 12.6. The molecule has 0 bridgehead atoms. The molecule has 19 heavy (non-hydrogen) atoms. The van der Waals surface area contributed by atoms with E-state index in [9.17, 15) is 14.0 Å². The van der Waals surface area contributed by atoms with Gasteiger partial charge in [-0.1, -0.05) is 12.1 Å². The molecule has 0 aliphatic carbocycles. The maximum absolute atomic E-state index is 12.6. The number of carbonyl (C=O) groups excluding carboxylic acids is 2. The van der Waals surface area contributed by atoms with Gasteiger partial charge in [-0.3, -0.25) is 9.59 Å². The molecule has 1 amide bonds. The number of ketones is 1. The molecule has 0 saturated carbocycles. The molecule has 2 rings (SSSR count). The Morgan fingerprint density at radius 1 is 1.16 bits per heavy atom. The highest BCUT2D eigenvalue weighted by Gasteiger charge is 2.08. The van der Waals surface area contributed by atoms with Crippen molar-refractivity contribution in [2.45, 2.75) is 6.92 Å². The lowest BCUT2D eigenvalue weighted by Gasteiger charge is -2.06. The summed E-state index contributed by atoms with van der Waals surface area (Å²) in [6.45, 7) is 1.45. The van der Waals surface area contributed by atoms with E-state index in [1.807, 2.05) is 0 Å². The Hall–Kier alpha value is -2.56.